The average Bonchev–Trinajstić information content (AvgIpc) is 2.77. The molecule has 0 bridgehead atoms. The number of hydrogen-bond donors (Lipinski definition) is 1. The molecule has 0 atom stereocenters. The van der Waals surface area contributed by atoms with Gasteiger partial charge in [0.05, 0.1) is 5.69 Å². The summed E-state index contributed by atoms with van der Waals surface area (Å²) in [5.41, 5.74) is 1.66. The van der Waals surface area contributed by atoms with Gasteiger partial charge in [0, 0.05) is 11.8 Å². The molecule has 0 unspecified atom stereocenters. The van der Waals surface area contributed by atoms with Gasteiger partial charge in [-0.3, -0.25) is 9.20 Å². The summed E-state index contributed by atoms with van der Waals surface area (Å²) in [6.07, 6.45) is 3.98. The summed E-state index contributed by atoms with van der Waals surface area (Å²) in [7, 11) is 0. The minimum Gasteiger partial charge on any atom is -0.478 e. The Bertz CT molecular complexity index is 688. The van der Waals surface area contributed by atoms with E-state index in [4.69, 9.17) is 5.11 Å². The van der Waals surface area contributed by atoms with E-state index < -0.39 is 5.97 Å². The van der Waals surface area contributed by atoms with Crippen molar-refractivity contribution < 1.29 is 9.90 Å². The van der Waals surface area contributed by atoms with Crippen LogP contribution < -0.4 is 5.56 Å². The second-order valence-electron chi connectivity index (χ2n) is 4.12. The molecule has 0 aliphatic heterocycles. The predicted molar refractivity (Wildman–Crippen MR) is 60.4 cm³/mol. The average molecular weight is 230 g/mol. The van der Waals surface area contributed by atoms with Crippen molar-refractivity contribution in [2.75, 3.05) is 0 Å². The maximum atomic E-state index is 12.1. The number of pyridine rings is 1. The number of aromatic carboxylic acids is 1. The maximum Gasteiger partial charge on any atom is 0.339 e. The molecule has 17 heavy (non-hydrogen) atoms. The van der Waals surface area contributed by atoms with Crippen LogP contribution in [0.5, 0.6) is 0 Å². The third-order valence-electron chi connectivity index (χ3n) is 3.10. The topological polar surface area (TPSA) is 71.7 Å². The molecule has 1 N–H and O–H groups in total. The lowest BCUT2D eigenvalue weighted by atomic mass is 10.2. The molecule has 1 aliphatic rings. The van der Waals surface area contributed by atoms with Crippen LogP contribution in [-0.2, 0) is 12.8 Å². The number of carbonyl (C=O) groups is 1. The molecular weight excluding hydrogens is 220 g/mol. The Morgan fingerprint density at radius 1 is 1.41 bits per heavy atom. The van der Waals surface area contributed by atoms with Crippen LogP contribution in [0, 0.1) is 0 Å². The summed E-state index contributed by atoms with van der Waals surface area (Å²) in [6, 6.07) is 3.02. The molecule has 2 heterocycles. The zero-order valence-electron chi connectivity index (χ0n) is 9.01. The molecule has 5 heteroatoms. The van der Waals surface area contributed by atoms with Gasteiger partial charge in [-0.1, -0.05) is 0 Å². The van der Waals surface area contributed by atoms with E-state index in [1.807, 2.05) is 0 Å². The Morgan fingerprint density at radius 3 is 3.00 bits per heavy atom. The van der Waals surface area contributed by atoms with Crippen LogP contribution >= 0.6 is 0 Å². The third-order valence-corrected chi connectivity index (χ3v) is 3.10. The Kier molecular flexibility index (Phi) is 2.01. The van der Waals surface area contributed by atoms with Crippen LogP contribution in [-0.4, -0.2) is 20.5 Å². The molecule has 1 aliphatic carbocycles. The smallest absolute Gasteiger partial charge is 0.339 e. The molecular formula is C12H10N2O3. The van der Waals surface area contributed by atoms with Crippen molar-refractivity contribution in [1.82, 2.24) is 9.38 Å². The predicted octanol–water partition coefficient (Wildman–Crippen LogP) is 0.881. The zero-order chi connectivity index (χ0) is 12.0. The summed E-state index contributed by atoms with van der Waals surface area (Å²) in [5.74, 6) is -1.06. The highest BCUT2D eigenvalue weighted by atomic mass is 16.4. The van der Waals surface area contributed by atoms with Gasteiger partial charge in [-0.25, -0.2) is 9.78 Å². The van der Waals surface area contributed by atoms with Crippen molar-refractivity contribution in [1.29, 1.82) is 0 Å². The largest absolute Gasteiger partial charge is 0.478 e. The summed E-state index contributed by atoms with van der Waals surface area (Å²) in [4.78, 5) is 27.5. The SMILES string of the molecule is O=C(O)c1cccn2c(=O)c3c(nc12)CCC3. The number of aromatic nitrogens is 2. The summed E-state index contributed by atoms with van der Waals surface area (Å²) < 4.78 is 1.33. The quantitative estimate of drug-likeness (QED) is 0.789. The van der Waals surface area contributed by atoms with Crippen LogP contribution in [0.2, 0.25) is 0 Å². The summed E-state index contributed by atoms with van der Waals surface area (Å²) in [5, 5.41) is 9.07. The Balaban J connectivity index is 2.47. The van der Waals surface area contributed by atoms with Gasteiger partial charge in [0.1, 0.15) is 5.56 Å². The molecule has 0 saturated heterocycles. The first-order valence-electron chi connectivity index (χ1n) is 5.45. The lowest BCUT2D eigenvalue weighted by molar-refractivity contribution is 0.0698. The minimum absolute atomic E-state index is 0.0688. The molecule has 86 valence electrons. The standard InChI is InChI=1S/C12H10N2O3/c15-11-7-3-1-5-9(7)13-10-8(12(16)17)4-2-6-14(10)11/h2,4,6H,1,3,5H2,(H,16,17). The first kappa shape index (κ1) is 10.0. The van der Waals surface area contributed by atoms with E-state index in [-0.39, 0.29) is 16.8 Å². The molecule has 3 rings (SSSR count). The second-order valence-corrected chi connectivity index (χ2v) is 4.12. The second kappa shape index (κ2) is 3.41. The third kappa shape index (κ3) is 1.35. The zero-order valence-corrected chi connectivity index (χ0v) is 9.01. The fraction of sp³-hybridized carbons (Fsp3) is 0.250. The number of fused-ring (bicyclic) bond motifs is 2. The number of aryl methyl sites for hydroxylation is 1. The molecule has 0 radical (unpaired) electrons. The van der Waals surface area contributed by atoms with Gasteiger partial charge in [0.15, 0.2) is 5.65 Å². The first-order valence-corrected chi connectivity index (χ1v) is 5.45. The van der Waals surface area contributed by atoms with Crippen LogP contribution in [0.15, 0.2) is 23.1 Å². The van der Waals surface area contributed by atoms with E-state index in [2.05, 4.69) is 4.98 Å². The van der Waals surface area contributed by atoms with E-state index in [1.54, 1.807) is 12.3 Å². The molecule has 0 fully saturated rings. The van der Waals surface area contributed by atoms with Crippen LogP contribution in [0.3, 0.4) is 0 Å². The number of carboxylic acids is 1. The van der Waals surface area contributed by atoms with Gasteiger partial charge >= 0.3 is 5.97 Å². The van der Waals surface area contributed by atoms with Gasteiger partial charge in [-0.15, -0.1) is 0 Å². The Morgan fingerprint density at radius 2 is 2.24 bits per heavy atom. The van der Waals surface area contributed by atoms with Gasteiger partial charge in [0.25, 0.3) is 5.56 Å². The highest BCUT2D eigenvalue weighted by Gasteiger charge is 2.20. The lowest BCUT2D eigenvalue weighted by Crippen LogP contribution is -2.21. The van der Waals surface area contributed by atoms with Crippen molar-refractivity contribution in [3.8, 4) is 0 Å². The molecule has 5 nitrogen and oxygen atoms in total. The normalized spacial score (nSPS) is 13.9. The Hall–Kier alpha value is -2.17. The molecule has 0 aromatic carbocycles. The first-order chi connectivity index (χ1) is 8.18. The summed E-state index contributed by atoms with van der Waals surface area (Å²) in [6.45, 7) is 0. The van der Waals surface area contributed by atoms with Crippen molar-refractivity contribution in [3.63, 3.8) is 0 Å². The summed E-state index contributed by atoms with van der Waals surface area (Å²) >= 11 is 0. The fourth-order valence-electron chi connectivity index (χ4n) is 2.30. The van der Waals surface area contributed by atoms with E-state index >= 15 is 0 Å². The fourth-order valence-corrected chi connectivity index (χ4v) is 2.30. The van der Waals surface area contributed by atoms with Gasteiger partial charge in [-0.05, 0) is 31.4 Å². The number of carboxylic acid groups (broad SMARTS) is 1. The number of nitrogens with zero attached hydrogens (tertiary/aromatic N) is 2. The number of rotatable bonds is 1. The van der Waals surface area contributed by atoms with E-state index in [1.165, 1.54) is 10.5 Å². The number of hydrogen-bond acceptors (Lipinski definition) is 3. The molecule has 0 amide bonds. The highest BCUT2D eigenvalue weighted by Crippen LogP contribution is 2.18. The van der Waals surface area contributed by atoms with E-state index in [0.717, 1.165) is 30.5 Å². The molecule has 2 aromatic rings. The minimum atomic E-state index is -1.06. The highest BCUT2D eigenvalue weighted by molar-refractivity contribution is 5.94. The Labute approximate surface area is 96.4 Å². The van der Waals surface area contributed by atoms with Crippen molar-refractivity contribution >= 4 is 11.6 Å². The van der Waals surface area contributed by atoms with Crippen LogP contribution in [0.25, 0.3) is 5.65 Å². The molecule has 0 spiro atoms. The van der Waals surface area contributed by atoms with Crippen molar-refractivity contribution in [3.05, 3.63) is 45.5 Å². The maximum absolute atomic E-state index is 12.1. The van der Waals surface area contributed by atoms with E-state index in [0.29, 0.717) is 0 Å². The van der Waals surface area contributed by atoms with E-state index in [9.17, 15) is 9.59 Å². The van der Waals surface area contributed by atoms with Crippen LogP contribution in [0.4, 0.5) is 0 Å². The molecule has 2 aromatic heterocycles. The van der Waals surface area contributed by atoms with Crippen molar-refractivity contribution in [2.24, 2.45) is 0 Å². The van der Waals surface area contributed by atoms with Gasteiger partial charge in [-0.2, -0.15) is 0 Å². The lowest BCUT2D eigenvalue weighted by Gasteiger charge is -2.06. The molecule has 0 saturated carbocycles. The van der Waals surface area contributed by atoms with Gasteiger partial charge < -0.3 is 5.11 Å². The van der Waals surface area contributed by atoms with Crippen LogP contribution in [0.1, 0.15) is 28.0 Å². The monoisotopic (exact) mass is 230 g/mol. The van der Waals surface area contributed by atoms with Crippen molar-refractivity contribution in [2.45, 2.75) is 19.3 Å². The van der Waals surface area contributed by atoms with Gasteiger partial charge in [0.2, 0.25) is 0 Å².